The number of carbonyl (C=O) groups is 1. The van der Waals surface area contributed by atoms with Crippen LogP contribution in [0.4, 0.5) is 0 Å². The van der Waals surface area contributed by atoms with Gasteiger partial charge >= 0.3 is 10.1 Å². The van der Waals surface area contributed by atoms with Gasteiger partial charge in [0.05, 0.1) is 0 Å². The molecular weight excluding hydrogens is 356 g/mol. The Morgan fingerprint density at radius 3 is 2.24 bits per heavy atom. The average molecular weight is 369 g/mol. The SMILES string of the molecule is CC(=O)c1ccc(OS(=O)(=O)c2ccc(Br)c(C)c2)cc1. The van der Waals surface area contributed by atoms with Crippen molar-refractivity contribution >= 4 is 31.8 Å². The lowest BCUT2D eigenvalue weighted by Gasteiger charge is -2.08. The van der Waals surface area contributed by atoms with Crippen LogP contribution < -0.4 is 4.18 Å². The molecule has 21 heavy (non-hydrogen) atoms. The second-order valence-corrected chi connectivity index (χ2v) is 6.93. The molecule has 110 valence electrons. The van der Waals surface area contributed by atoms with Crippen molar-refractivity contribution in [2.75, 3.05) is 0 Å². The minimum absolute atomic E-state index is 0.0823. The third-order valence-corrected chi connectivity index (χ3v) is 5.02. The molecule has 0 aromatic heterocycles. The minimum atomic E-state index is -3.89. The van der Waals surface area contributed by atoms with Crippen LogP contribution in [0, 0.1) is 6.92 Å². The van der Waals surface area contributed by atoms with Crippen molar-refractivity contribution in [2.24, 2.45) is 0 Å². The van der Waals surface area contributed by atoms with E-state index < -0.39 is 10.1 Å². The average Bonchev–Trinajstić information content (AvgIpc) is 2.42. The predicted octanol–water partition coefficient (Wildman–Crippen LogP) is 3.73. The van der Waals surface area contributed by atoms with E-state index in [1.54, 1.807) is 13.0 Å². The first-order chi connectivity index (χ1) is 9.79. The summed E-state index contributed by atoms with van der Waals surface area (Å²) in [5, 5.41) is 0. The maximum absolute atomic E-state index is 12.2. The summed E-state index contributed by atoms with van der Waals surface area (Å²) in [6.07, 6.45) is 0. The normalized spacial score (nSPS) is 11.2. The van der Waals surface area contributed by atoms with Crippen LogP contribution in [-0.2, 0) is 10.1 Å². The third-order valence-electron chi connectivity index (χ3n) is 2.88. The fourth-order valence-electron chi connectivity index (χ4n) is 1.69. The Hall–Kier alpha value is -1.66. The molecule has 0 saturated carbocycles. The molecule has 6 heteroatoms. The van der Waals surface area contributed by atoms with Gasteiger partial charge in [0.25, 0.3) is 0 Å². The highest BCUT2D eigenvalue weighted by Gasteiger charge is 2.17. The van der Waals surface area contributed by atoms with Crippen molar-refractivity contribution in [1.82, 2.24) is 0 Å². The minimum Gasteiger partial charge on any atom is -0.379 e. The lowest BCUT2D eigenvalue weighted by molar-refractivity contribution is 0.101. The Balaban J connectivity index is 2.28. The van der Waals surface area contributed by atoms with Crippen LogP contribution in [0.3, 0.4) is 0 Å². The van der Waals surface area contributed by atoms with E-state index >= 15 is 0 Å². The summed E-state index contributed by atoms with van der Waals surface area (Å²) in [4.78, 5) is 11.3. The second kappa shape index (κ2) is 5.99. The van der Waals surface area contributed by atoms with Crippen LogP contribution >= 0.6 is 15.9 Å². The lowest BCUT2D eigenvalue weighted by atomic mass is 10.1. The summed E-state index contributed by atoms with van der Waals surface area (Å²) in [7, 11) is -3.89. The molecule has 0 fully saturated rings. The summed E-state index contributed by atoms with van der Waals surface area (Å²) in [6.45, 7) is 3.24. The van der Waals surface area contributed by atoms with E-state index in [0.717, 1.165) is 10.0 Å². The first kappa shape index (κ1) is 15.7. The Bertz CT molecular complexity index is 780. The van der Waals surface area contributed by atoms with E-state index in [0.29, 0.717) is 5.56 Å². The Kier molecular flexibility index (Phi) is 4.49. The molecule has 2 aromatic carbocycles. The van der Waals surface area contributed by atoms with Crippen molar-refractivity contribution in [2.45, 2.75) is 18.7 Å². The van der Waals surface area contributed by atoms with Gasteiger partial charge in [-0.2, -0.15) is 8.42 Å². The number of rotatable bonds is 4. The Labute approximate surface area is 132 Å². The number of Topliss-reactive ketones (excluding diaryl/α,β-unsaturated/α-hetero) is 1. The fraction of sp³-hybridized carbons (Fsp3) is 0.133. The Morgan fingerprint density at radius 1 is 1.10 bits per heavy atom. The third kappa shape index (κ3) is 3.71. The van der Waals surface area contributed by atoms with E-state index in [1.165, 1.54) is 43.3 Å². The summed E-state index contributed by atoms with van der Waals surface area (Å²) >= 11 is 3.32. The van der Waals surface area contributed by atoms with E-state index in [-0.39, 0.29) is 16.4 Å². The van der Waals surface area contributed by atoms with Crippen LogP contribution in [0.1, 0.15) is 22.8 Å². The lowest BCUT2D eigenvalue weighted by Crippen LogP contribution is -2.10. The van der Waals surface area contributed by atoms with Crippen molar-refractivity contribution in [3.8, 4) is 5.75 Å². The van der Waals surface area contributed by atoms with Crippen molar-refractivity contribution in [1.29, 1.82) is 0 Å². The maximum atomic E-state index is 12.2. The van der Waals surface area contributed by atoms with E-state index in [2.05, 4.69) is 15.9 Å². The second-order valence-electron chi connectivity index (χ2n) is 4.53. The molecular formula is C15H13BrO4S. The number of hydrogen-bond donors (Lipinski definition) is 0. The van der Waals surface area contributed by atoms with E-state index in [1.807, 2.05) is 0 Å². The molecule has 0 atom stereocenters. The molecule has 0 spiro atoms. The molecule has 0 radical (unpaired) electrons. The number of halogens is 1. The molecule has 2 aromatic rings. The van der Waals surface area contributed by atoms with Crippen molar-refractivity contribution in [3.63, 3.8) is 0 Å². The summed E-state index contributed by atoms with van der Waals surface area (Å²) in [6, 6.07) is 10.6. The predicted molar refractivity (Wildman–Crippen MR) is 83.1 cm³/mol. The molecule has 0 aliphatic rings. The van der Waals surface area contributed by atoms with Crippen LogP contribution in [0.25, 0.3) is 0 Å². The van der Waals surface area contributed by atoms with Gasteiger partial charge in [0.2, 0.25) is 0 Å². The molecule has 0 bridgehead atoms. The zero-order valence-electron chi connectivity index (χ0n) is 11.5. The largest absolute Gasteiger partial charge is 0.379 e. The van der Waals surface area contributed by atoms with Gasteiger partial charge in [0.15, 0.2) is 5.78 Å². The smallest absolute Gasteiger partial charge is 0.339 e. The van der Waals surface area contributed by atoms with Gasteiger partial charge in [-0.1, -0.05) is 15.9 Å². The molecule has 0 saturated heterocycles. The zero-order chi connectivity index (χ0) is 15.6. The van der Waals surface area contributed by atoms with E-state index in [9.17, 15) is 13.2 Å². The molecule has 4 nitrogen and oxygen atoms in total. The van der Waals surface area contributed by atoms with E-state index in [4.69, 9.17) is 4.18 Å². The van der Waals surface area contributed by atoms with Gasteiger partial charge in [0, 0.05) is 10.0 Å². The Morgan fingerprint density at radius 2 is 1.71 bits per heavy atom. The van der Waals surface area contributed by atoms with Gasteiger partial charge in [-0.3, -0.25) is 4.79 Å². The first-order valence-electron chi connectivity index (χ1n) is 6.11. The molecule has 0 unspecified atom stereocenters. The molecule has 0 N–H and O–H groups in total. The summed E-state index contributed by atoms with van der Waals surface area (Å²) in [5.74, 6) is 0.0773. The monoisotopic (exact) mass is 368 g/mol. The van der Waals surface area contributed by atoms with Crippen molar-refractivity contribution < 1.29 is 17.4 Å². The zero-order valence-corrected chi connectivity index (χ0v) is 13.9. The molecule has 0 aliphatic heterocycles. The van der Waals surface area contributed by atoms with Gasteiger partial charge in [-0.25, -0.2) is 0 Å². The standard InChI is InChI=1S/C15H13BrO4S/c1-10-9-14(7-8-15(10)16)21(18,19)20-13-5-3-12(4-6-13)11(2)17/h3-9H,1-2H3. The van der Waals surface area contributed by atoms with Gasteiger partial charge < -0.3 is 4.18 Å². The number of carbonyl (C=O) groups excluding carboxylic acids is 1. The highest BCUT2D eigenvalue weighted by atomic mass is 79.9. The number of hydrogen-bond acceptors (Lipinski definition) is 4. The van der Waals surface area contributed by atoms with Gasteiger partial charge in [0.1, 0.15) is 10.6 Å². The van der Waals surface area contributed by atoms with Crippen molar-refractivity contribution in [3.05, 3.63) is 58.1 Å². The quantitative estimate of drug-likeness (QED) is 0.609. The number of aryl methyl sites for hydroxylation is 1. The van der Waals surface area contributed by atoms with Crippen LogP contribution in [0.5, 0.6) is 5.75 Å². The molecule has 0 amide bonds. The highest BCUT2D eigenvalue weighted by Crippen LogP contribution is 2.23. The van der Waals surface area contributed by atoms with Crippen LogP contribution in [-0.4, -0.2) is 14.2 Å². The highest BCUT2D eigenvalue weighted by molar-refractivity contribution is 9.10. The van der Waals surface area contributed by atoms with Crippen LogP contribution in [0.15, 0.2) is 51.8 Å². The summed E-state index contributed by atoms with van der Waals surface area (Å²) in [5.41, 5.74) is 1.30. The number of ketones is 1. The summed E-state index contributed by atoms with van der Waals surface area (Å²) < 4.78 is 30.2. The molecule has 0 heterocycles. The van der Waals surface area contributed by atoms with Gasteiger partial charge in [-0.05, 0) is 61.9 Å². The van der Waals surface area contributed by atoms with Crippen LogP contribution in [0.2, 0.25) is 0 Å². The van der Waals surface area contributed by atoms with Gasteiger partial charge in [-0.15, -0.1) is 0 Å². The maximum Gasteiger partial charge on any atom is 0.339 e. The number of benzene rings is 2. The fourth-order valence-corrected chi connectivity index (χ4v) is 2.96. The molecule has 2 rings (SSSR count). The molecule has 0 aliphatic carbocycles. The first-order valence-corrected chi connectivity index (χ1v) is 8.31. The topological polar surface area (TPSA) is 60.4 Å².